The first-order valence-corrected chi connectivity index (χ1v) is 13.8. The summed E-state index contributed by atoms with van der Waals surface area (Å²) in [7, 11) is 0. The normalized spacial score (nSPS) is 33.9. The molecule has 5 aliphatic rings. The van der Waals surface area contributed by atoms with E-state index in [0.717, 1.165) is 71.3 Å². The maximum Gasteiger partial charge on any atom is 0.174 e. The van der Waals surface area contributed by atoms with E-state index in [1.54, 1.807) is 0 Å². The summed E-state index contributed by atoms with van der Waals surface area (Å²) in [6, 6.07) is 4.76. The second-order valence-corrected chi connectivity index (χ2v) is 12.1. The first-order chi connectivity index (χ1) is 17.6. The average Bonchev–Trinajstić information content (AvgIpc) is 3.48. The molecule has 3 aromatic rings. The van der Waals surface area contributed by atoms with Gasteiger partial charge < -0.3 is 20.1 Å². The van der Waals surface area contributed by atoms with Crippen LogP contribution in [0.3, 0.4) is 0 Å². The molecule has 188 valence electrons. The molecular weight excluding hydrogens is 450 g/mol. The number of aromatic amines is 1. The lowest BCUT2D eigenvalue weighted by molar-refractivity contribution is -0.0160. The lowest BCUT2D eigenvalue weighted by Crippen LogP contribution is -2.52. The number of nitriles is 1. The Kier molecular flexibility index (Phi) is 5.23. The van der Waals surface area contributed by atoms with Crippen LogP contribution >= 0.6 is 0 Å². The number of nitrogens with two attached hydrogens (primary N) is 1. The van der Waals surface area contributed by atoms with Gasteiger partial charge in [0.05, 0.1) is 17.8 Å². The van der Waals surface area contributed by atoms with Crippen molar-refractivity contribution >= 4 is 27.9 Å². The van der Waals surface area contributed by atoms with Crippen LogP contribution in [0.1, 0.15) is 82.5 Å². The molecule has 5 aliphatic carbocycles. The van der Waals surface area contributed by atoms with Crippen molar-refractivity contribution in [3.8, 4) is 6.07 Å². The number of fused-ring (bicyclic) bond motifs is 3. The third-order valence-corrected chi connectivity index (χ3v) is 9.81. The summed E-state index contributed by atoms with van der Waals surface area (Å²) in [6.07, 6.45) is 16.3. The summed E-state index contributed by atoms with van der Waals surface area (Å²) in [5.74, 6) is 4.55. The quantitative estimate of drug-likeness (QED) is 0.269. The molecule has 8 rings (SSSR count). The Balaban J connectivity index is 1.17. The fraction of sp³-hybridized carbons (Fsp3) is 0.643. The SMILES string of the molecule is N#CCC1CCC(n2c(CO/N=C(/N)C34CC5CC(CC(C5)C3)C4)nc3cnc4[nH]ccc4c32)CC1. The number of nitrogens with zero attached hydrogens (tertiary/aromatic N) is 5. The lowest BCUT2D eigenvalue weighted by Gasteiger charge is -2.56. The Morgan fingerprint density at radius 3 is 2.58 bits per heavy atom. The maximum atomic E-state index is 9.14. The van der Waals surface area contributed by atoms with Gasteiger partial charge in [-0.1, -0.05) is 5.16 Å². The molecule has 0 aliphatic heterocycles. The minimum absolute atomic E-state index is 0.0508. The minimum atomic E-state index is 0.0508. The number of H-pyrrole nitrogens is 1. The zero-order chi connectivity index (χ0) is 24.3. The summed E-state index contributed by atoms with van der Waals surface area (Å²) in [5.41, 5.74) is 9.58. The van der Waals surface area contributed by atoms with E-state index in [2.05, 4.69) is 31.8 Å². The summed E-state index contributed by atoms with van der Waals surface area (Å²) in [5, 5.41) is 14.8. The Hall–Kier alpha value is -3.08. The molecule has 0 unspecified atom stereocenters. The zero-order valence-electron chi connectivity index (χ0n) is 20.8. The first kappa shape index (κ1) is 22.1. The van der Waals surface area contributed by atoms with Gasteiger partial charge >= 0.3 is 0 Å². The minimum Gasteiger partial charge on any atom is -0.386 e. The molecule has 3 aromatic heterocycles. The van der Waals surface area contributed by atoms with Crippen LogP contribution in [0.15, 0.2) is 23.6 Å². The third kappa shape index (κ3) is 3.58. The van der Waals surface area contributed by atoms with Crippen LogP contribution < -0.4 is 5.73 Å². The molecule has 0 radical (unpaired) electrons. The molecule has 0 aromatic carbocycles. The predicted molar refractivity (Wildman–Crippen MR) is 138 cm³/mol. The molecule has 8 nitrogen and oxygen atoms in total. The Labute approximate surface area is 211 Å². The van der Waals surface area contributed by atoms with Crippen molar-refractivity contribution in [2.45, 2.75) is 83.3 Å². The number of amidine groups is 1. The van der Waals surface area contributed by atoms with Gasteiger partial charge in [0.1, 0.15) is 17.0 Å². The number of hydrogen-bond acceptors (Lipinski definition) is 5. The number of pyridine rings is 1. The molecular formula is C28H35N7O. The summed E-state index contributed by atoms with van der Waals surface area (Å²) in [6.45, 7) is 0.297. The topological polar surface area (TPSA) is 118 Å². The van der Waals surface area contributed by atoms with Gasteiger partial charge in [-0.05, 0) is 93.9 Å². The van der Waals surface area contributed by atoms with Crippen molar-refractivity contribution < 1.29 is 4.84 Å². The standard InChI is InChI=1S/C28H35N7O/c29-7-5-17-1-3-21(4-2-17)35-24(33-23-15-32-26-22(25(23)35)6-8-31-26)16-36-34-27(30)28-12-18-9-19(13-28)11-20(10-18)14-28/h6,8,15,17-21H,1-5,9-14,16H2,(H2,30,34)(H,31,32). The molecule has 4 bridgehead atoms. The second-order valence-electron chi connectivity index (χ2n) is 12.1. The van der Waals surface area contributed by atoms with Crippen LogP contribution in [-0.2, 0) is 11.4 Å². The van der Waals surface area contributed by atoms with Crippen molar-refractivity contribution in [3.05, 3.63) is 24.3 Å². The van der Waals surface area contributed by atoms with Gasteiger partial charge in [0.15, 0.2) is 12.4 Å². The highest BCUT2D eigenvalue weighted by Crippen LogP contribution is 2.60. The highest BCUT2D eigenvalue weighted by Gasteiger charge is 2.53. The number of rotatable bonds is 6. The fourth-order valence-electron chi connectivity index (χ4n) is 8.55. The van der Waals surface area contributed by atoms with Crippen molar-refractivity contribution in [2.24, 2.45) is 40.0 Å². The van der Waals surface area contributed by atoms with Gasteiger partial charge in [0.25, 0.3) is 0 Å². The van der Waals surface area contributed by atoms with Gasteiger partial charge in [-0.3, -0.25) is 0 Å². The van der Waals surface area contributed by atoms with Crippen LogP contribution in [0.5, 0.6) is 0 Å². The first-order valence-electron chi connectivity index (χ1n) is 13.8. The molecule has 36 heavy (non-hydrogen) atoms. The van der Waals surface area contributed by atoms with Gasteiger partial charge in [-0.2, -0.15) is 5.26 Å². The van der Waals surface area contributed by atoms with Crippen molar-refractivity contribution in [1.82, 2.24) is 19.5 Å². The summed E-state index contributed by atoms with van der Waals surface area (Å²) in [4.78, 5) is 18.8. The molecule has 8 heteroatoms. The van der Waals surface area contributed by atoms with Crippen LogP contribution in [0.25, 0.3) is 22.1 Å². The number of imidazole rings is 1. The van der Waals surface area contributed by atoms with E-state index in [9.17, 15) is 0 Å². The highest BCUT2D eigenvalue weighted by atomic mass is 16.6. The Morgan fingerprint density at radius 2 is 1.89 bits per heavy atom. The van der Waals surface area contributed by atoms with E-state index in [-0.39, 0.29) is 5.41 Å². The molecule has 0 atom stereocenters. The molecule has 5 saturated carbocycles. The molecule has 0 saturated heterocycles. The highest BCUT2D eigenvalue weighted by molar-refractivity contribution is 6.01. The van der Waals surface area contributed by atoms with E-state index in [0.29, 0.717) is 30.8 Å². The molecule has 5 fully saturated rings. The summed E-state index contributed by atoms with van der Waals surface area (Å²) < 4.78 is 2.37. The van der Waals surface area contributed by atoms with Crippen LogP contribution in [-0.4, -0.2) is 25.4 Å². The lowest BCUT2D eigenvalue weighted by atomic mass is 9.49. The second kappa shape index (κ2) is 8.50. The van der Waals surface area contributed by atoms with Crippen LogP contribution in [0.4, 0.5) is 0 Å². The van der Waals surface area contributed by atoms with Crippen LogP contribution in [0, 0.1) is 40.4 Å². The smallest absolute Gasteiger partial charge is 0.174 e. The zero-order valence-corrected chi connectivity index (χ0v) is 20.8. The largest absolute Gasteiger partial charge is 0.386 e. The number of hydrogen-bond donors (Lipinski definition) is 2. The molecule has 0 amide bonds. The van der Waals surface area contributed by atoms with E-state index in [4.69, 9.17) is 20.8 Å². The van der Waals surface area contributed by atoms with Crippen molar-refractivity contribution in [1.29, 1.82) is 5.26 Å². The summed E-state index contributed by atoms with van der Waals surface area (Å²) >= 11 is 0. The molecule has 3 N–H and O–H groups in total. The van der Waals surface area contributed by atoms with Crippen molar-refractivity contribution in [2.75, 3.05) is 0 Å². The third-order valence-electron chi connectivity index (χ3n) is 9.81. The van der Waals surface area contributed by atoms with Gasteiger partial charge in [-0.25, -0.2) is 9.97 Å². The average molecular weight is 486 g/mol. The van der Waals surface area contributed by atoms with E-state index in [1.165, 1.54) is 38.5 Å². The van der Waals surface area contributed by atoms with E-state index < -0.39 is 0 Å². The molecule has 3 heterocycles. The van der Waals surface area contributed by atoms with Gasteiger partial charge in [0.2, 0.25) is 0 Å². The van der Waals surface area contributed by atoms with E-state index >= 15 is 0 Å². The Morgan fingerprint density at radius 1 is 1.17 bits per heavy atom. The predicted octanol–water partition coefficient (Wildman–Crippen LogP) is 5.56. The fourth-order valence-corrected chi connectivity index (χ4v) is 8.55. The number of aromatic nitrogens is 4. The Bertz CT molecular complexity index is 1320. The number of oxime groups is 1. The van der Waals surface area contributed by atoms with Crippen molar-refractivity contribution in [3.63, 3.8) is 0 Å². The molecule has 0 spiro atoms. The van der Waals surface area contributed by atoms with Crippen LogP contribution in [0.2, 0.25) is 0 Å². The van der Waals surface area contributed by atoms with E-state index in [1.807, 2.05) is 12.4 Å². The monoisotopic (exact) mass is 485 g/mol. The number of nitrogens with one attached hydrogen (secondary N) is 1. The van der Waals surface area contributed by atoms with Gasteiger partial charge in [-0.15, -0.1) is 0 Å². The maximum absolute atomic E-state index is 9.14. The van der Waals surface area contributed by atoms with Gasteiger partial charge in [0, 0.05) is 29.5 Å².